The number of rotatable bonds is 7. The smallest absolute Gasteiger partial charge is 0.335 e. The summed E-state index contributed by atoms with van der Waals surface area (Å²) in [5.41, 5.74) is 0.376. The minimum absolute atomic E-state index is 0.0239. The second-order valence-corrected chi connectivity index (χ2v) is 4.17. The Balaban J connectivity index is 3.27. The van der Waals surface area contributed by atoms with E-state index in [2.05, 4.69) is 13.2 Å². The van der Waals surface area contributed by atoms with E-state index in [-0.39, 0.29) is 17.0 Å². The number of hydrogen-bond acceptors (Lipinski definition) is 2. The van der Waals surface area contributed by atoms with E-state index in [1.165, 1.54) is 18.2 Å². The van der Waals surface area contributed by atoms with Crippen LogP contribution in [0.4, 0.5) is 0 Å². The van der Waals surface area contributed by atoms with Crippen molar-refractivity contribution in [1.29, 1.82) is 0 Å². The molecule has 1 atom stereocenters. The fraction of sp³-hybridized carbons (Fsp3) is 0.200. The molecule has 0 bridgehead atoms. The summed E-state index contributed by atoms with van der Waals surface area (Å²) in [4.78, 5) is 22.4. The van der Waals surface area contributed by atoms with Crippen molar-refractivity contribution in [2.45, 2.75) is 12.8 Å². The molecule has 1 aromatic carbocycles. The zero-order chi connectivity index (χ0) is 14.4. The lowest BCUT2D eigenvalue weighted by Crippen LogP contribution is -2.13. The van der Waals surface area contributed by atoms with Crippen molar-refractivity contribution in [3.8, 4) is 0 Å². The number of allylic oxidation sites excluding steroid dienone is 2. The monoisotopic (exact) mass is 260 g/mol. The highest BCUT2D eigenvalue weighted by Gasteiger charge is 2.19. The van der Waals surface area contributed by atoms with Crippen LogP contribution in [0.2, 0.25) is 0 Å². The average Bonchev–Trinajstić information content (AvgIpc) is 2.37. The largest absolute Gasteiger partial charge is 0.478 e. The standard InChI is InChI=1S/C15H16O4/c1-3-6-10(4-2)9-13-11(14(16)17)7-5-8-12(13)15(18)19/h3-5,7-8,10H,1-2,6,9H2,(H,16,17)(H,18,19). The summed E-state index contributed by atoms with van der Waals surface area (Å²) >= 11 is 0. The average molecular weight is 260 g/mol. The van der Waals surface area contributed by atoms with Crippen LogP contribution in [-0.2, 0) is 6.42 Å². The number of carbonyl (C=O) groups is 2. The first-order chi connectivity index (χ1) is 9.01. The molecule has 0 saturated heterocycles. The van der Waals surface area contributed by atoms with Gasteiger partial charge in [0.05, 0.1) is 11.1 Å². The number of carboxylic acids is 2. The lowest BCUT2D eigenvalue weighted by molar-refractivity contribution is 0.0695. The molecule has 0 aliphatic heterocycles. The van der Waals surface area contributed by atoms with Crippen LogP contribution in [0, 0.1) is 5.92 Å². The molecule has 0 aliphatic carbocycles. The highest BCUT2D eigenvalue weighted by molar-refractivity contribution is 5.96. The van der Waals surface area contributed by atoms with Gasteiger partial charge in [0.15, 0.2) is 0 Å². The highest BCUT2D eigenvalue weighted by atomic mass is 16.4. The number of hydrogen-bond donors (Lipinski definition) is 2. The molecule has 4 nitrogen and oxygen atoms in total. The molecule has 1 aromatic rings. The summed E-state index contributed by atoms with van der Waals surface area (Å²) in [5.74, 6) is -2.28. The van der Waals surface area contributed by atoms with E-state index in [0.717, 1.165) is 0 Å². The Morgan fingerprint density at radius 2 is 1.68 bits per heavy atom. The molecular weight excluding hydrogens is 244 g/mol. The predicted molar refractivity (Wildman–Crippen MR) is 72.6 cm³/mol. The van der Waals surface area contributed by atoms with Gasteiger partial charge in [0.1, 0.15) is 0 Å². The molecule has 0 radical (unpaired) electrons. The molecule has 0 amide bonds. The van der Waals surface area contributed by atoms with Crippen LogP contribution < -0.4 is 0 Å². The molecule has 1 rings (SSSR count). The van der Waals surface area contributed by atoms with Gasteiger partial charge in [-0.2, -0.15) is 0 Å². The third-order valence-corrected chi connectivity index (χ3v) is 2.91. The molecule has 19 heavy (non-hydrogen) atoms. The van der Waals surface area contributed by atoms with Crippen LogP contribution >= 0.6 is 0 Å². The molecule has 0 fully saturated rings. The Morgan fingerprint density at radius 3 is 2.05 bits per heavy atom. The van der Waals surface area contributed by atoms with Crippen molar-refractivity contribution in [3.05, 3.63) is 60.2 Å². The van der Waals surface area contributed by atoms with Gasteiger partial charge in [0, 0.05) is 0 Å². The second kappa shape index (κ2) is 6.54. The summed E-state index contributed by atoms with van der Waals surface area (Å²) in [5, 5.41) is 18.3. The van der Waals surface area contributed by atoms with Crippen molar-refractivity contribution in [1.82, 2.24) is 0 Å². The van der Waals surface area contributed by atoms with E-state index in [0.29, 0.717) is 18.4 Å². The van der Waals surface area contributed by atoms with Crippen LogP contribution in [0.25, 0.3) is 0 Å². The van der Waals surface area contributed by atoms with Crippen LogP contribution in [0.15, 0.2) is 43.5 Å². The fourth-order valence-corrected chi connectivity index (χ4v) is 1.95. The summed E-state index contributed by atoms with van der Waals surface area (Å²) in [7, 11) is 0. The summed E-state index contributed by atoms with van der Waals surface area (Å²) in [6.07, 6.45) is 4.33. The van der Waals surface area contributed by atoms with Crippen molar-refractivity contribution in [3.63, 3.8) is 0 Å². The lowest BCUT2D eigenvalue weighted by atomic mass is 9.90. The number of benzene rings is 1. The van der Waals surface area contributed by atoms with Crippen LogP contribution in [-0.4, -0.2) is 22.2 Å². The van der Waals surface area contributed by atoms with Crippen molar-refractivity contribution < 1.29 is 19.8 Å². The summed E-state index contributed by atoms with van der Waals surface area (Å²) in [6.45, 7) is 7.31. The molecule has 0 saturated carbocycles. The first-order valence-electron chi connectivity index (χ1n) is 5.83. The van der Waals surface area contributed by atoms with Gasteiger partial charge in [-0.3, -0.25) is 0 Å². The first kappa shape index (κ1) is 14.7. The van der Waals surface area contributed by atoms with E-state index in [1.54, 1.807) is 12.2 Å². The maximum atomic E-state index is 11.2. The zero-order valence-corrected chi connectivity index (χ0v) is 10.5. The Kier molecular flexibility index (Phi) is 5.06. The van der Waals surface area contributed by atoms with Crippen molar-refractivity contribution >= 4 is 11.9 Å². The molecule has 0 spiro atoms. The van der Waals surface area contributed by atoms with Gasteiger partial charge >= 0.3 is 11.9 Å². The van der Waals surface area contributed by atoms with Crippen LogP contribution in [0.1, 0.15) is 32.7 Å². The van der Waals surface area contributed by atoms with Gasteiger partial charge in [0.2, 0.25) is 0 Å². The molecule has 4 heteroatoms. The maximum Gasteiger partial charge on any atom is 0.335 e. The summed E-state index contributed by atoms with van der Waals surface area (Å²) < 4.78 is 0. The van der Waals surface area contributed by atoms with Gasteiger partial charge in [-0.1, -0.05) is 18.2 Å². The predicted octanol–water partition coefficient (Wildman–Crippen LogP) is 3.00. The Morgan fingerprint density at radius 1 is 1.16 bits per heavy atom. The third-order valence-electron chi connectivity index (χ3n) is 2.91. The van der Waals surface area contributed by atoms with E-state index >= 15 is 0 Å². The van der Waals surface area contributed by atoms with E-state index in [4.69, 9.17) is 10.2 Å². The van der Waals surface area contributed by atoms with Gasteiger partial charge in [-0.25, -0.2) is 9.59 Å². The molecule has 0 heterocycles. The molecule has 1 unspecified atom stereocenters. The van der Waals surface area contributed by atoms with Crippen molar-refractivity contribution in [2.75, 3.05) is 0 Å². The Bertz CT molecular complexity index is 485. The first-order valence-corrected chi connectivity index (χ1v) is 5.83. The van der Waals surface area contributed by atoms with Crippen LogP contribution in [0.5, 0.6) is 0 Å². The van der Waals surface area contributed by atoms with E-state index in [9.17, 15) is 9.59 Å². The molecule has 0 aliphatic rings. The topological polar surface area (TPSA) is 74.6 Å². The Hall–Kier alpha value is -2.36. The fourth-order valence-electron chi connectivity index (χ4n) is 1.95. The molecular formula is C15H16O4. The normalized spacial score (nSPS) is 11.6. The highest BCUT2D eigenvalue weighted by Crippen LogP contribution is 2.22. The number of aromatic carboxylic acids is 2. The third kappa shape index (κ3) is 3.55. The maximum absolute atomic E-state index is 11.2. The zero-order valence-electron chi connectivity index (χ0n) is 10.5. The minimum atomic E-state index is -1.13. The van der Waals surface area contributed by atoms with Crippen molar-refractivity contribution in [2.24, 2.45) is 5.92 Å². The summed E-state index contributed by atoms with van der Waals surface area (Å²) in [6, 6.07) is 4.27. The molecule has 0 aromatic heterocycles. The lowest BCUT2D eigenvalue weighted by Gasteiger charge is -2.14. The van der Waals surface area contributed by atoms with Gasteiger partial charge in [-0.05, 0) is 36.5 Å². The van der Waals surface area contributed by atoms with Gasteiger partial charge in [0.25, 0.3) is 0 Å². The quantitative estimate of drug-likeness (QED) is 0.739. The minimum Gasteiger partial charge on any atom is -0.478 e. The second-order valence-electron chi connectivity index (χ2n) is 4.17. The van der Waals surface area contributed by atoms with E-state index in [1.807, 2.05) is 0 Å². The van der Waals surface area contributed by atoms with Gasteiger partial charge < -0.3 is 10.2 Å². The van der Waals surface area contributed by atoms with Crippen LogP contribution in [0.3, 0.4) is 0 Å². The molecule has 100 valence electrons. The number of carboxylic acid groups (broad SMARTS) is 2. The molecule has 2 N–H and O–H groups in total. The Labute approximate surface area is 111 Å². The van der Waals surface area contributed by atoms with E-state index < -0.39 is 11.9 Å². The SMILES string of the molecule is C=CCC(C=C)Cc1c(C(=O)O)cccc1C(=O)O. The van der Waals surface area contributed by atoms with Gasteiger partial charge in [-0.15, -0.1) is 13.2 Å².